The third-order valence-electron chi connectivity index (χ3n) is 2.91. The highest BCUT2D eigenvalue weighted by Crippen LogP contribution is 2.21. The van der Waals surface area contributed by atoms with Gasteiger partial charge in [0.25, 0.3) is 0 Å². The van der Waals surface area contributed by atoms with Gasteiger partial charge in [-0.1, -0.05) is 6.07 Å². The standard InChI is InChI=1S/C13H17BrN4/c1-9-13(14)12(18(2)17-9)8-10(15)7-11-5-3-4-6-16-11/h3-6,10H,7-8,15H2,1-2H3. The molecule has 0 saturated heterocycles. The molecule has 0 spiro atoms. The van der Waals surface area contributed by atoms with Gasteiger partial charge in [-0.2, -0.15) is 5.10 Å². The van der Waals surface area contributed by atoms with Crippen molar-refractivity contribution < 1.29 is 0 Å². The zero-order valence-corrected chi connectivity index (χ0v) is 12.2. The molecule has 96 valence electrons. The van der Waals surface area contributed by atoms with Gasteiger partial charge >= 0.3 is 0 Å². The molecule has 0 aliphatic heterocycles. The molecular weight excluding hydrogens is 292 g/mol. The van der Waals surface area contributed by atoms with Crippen LogP contribution in [0.5, 0.6) is 0 Å². The molecule has 4 nitrogen and oxygen atoms in total. The number of pyridine rings is 1. The summed E-state index contributed by atoms with van der Waals surface area (Å²) in [7, 11) is 1.95. The van der Waals surface area contributed by atoms with Crippen LogP contribution < -0.4 is 5.73 Å². The van der Waals surface area contributed by atoms with Crippen molar-refractivity contribution in [2.75, 3.05) is 0 Å². The van der Waals surface area contributed by atoms with Gasteiger partial charge in [0.1, 0.15) is 0 Å². The maximum atomic E-state index is 6.18. The average Bonchev–Trinajstić information content (AvgIpc) is 2.57. The second-order valence-corrected chi connectivity index (χ2v) is 5.25. The molecule has 2 N–H and O–H groups in total. The van der Waals surface area contributed by atoms with Crippen molar-refractivity contribution in [3.05, 3.63) is 46.0 Å². The van der Waals surface area contributed by atoms with Crippen LogP contribution in [0.15, 0.2) is 28.9 Å². The summed E-state index contributed by atoms with van der Waals surface area (Å²) in [4.78, 5) is 4.30. The maximum absolute atomic E-state index is 6.18. The highest BCUT2D eigenvalue weighted by atomic mass is 79.9. The highest BCUT2D eigenvalue weighted by Gasteiger charge is 2.14. The number of aryl methyl sites for hydroxylation is 2. The Bertz CT molecular complexity index is 521. The SMILES string of the molecule is Cc1nn(C)c(CC(N)Cc2ccccn2)c1Br. The molecule has 0 bridgehead atoms. The zero-order valence-electron chi connectivity index (χ0n) is 10.6. The molecule has 2 heterocycles. The summed E-state index contributed by atoms with van der Waals surface area (Å²) < 4.78 is 2.94. The second kappa shape index (κ2) is 5.63. The largest absolute Gasteiger partial charge is 0.327 e. The third-order valence-corrected chi connectivity index (χ3v) is 3.95. The minimum Gasteiger partial charge on any atom is -0.327 e. The molecule has 5 heteroatoms. The number of aromatic nitrogens is 3. The first-order valence-electron chi connectivity index (χ1n) is 5.91. The molecule has 0 saturated carbocycles. The van der Waals surface area contributed by atoms with Crippen LogP contribution >= 0.6 is 15.9 Å². The average molecular weight is 309 g/mol. The van der Waals surface area contributed by atoms with Crippen molar-refractivity contribution in [1.29, 1.82) is 0 Å². The molecule has 18 heavy (non-hydrogen) atoms. The van der Waals surface area contributed by atoms with Gasteiger partial charge in [-0.15, -0.1) is 0 Å². The predicted molar refractivity (Wildman–Crippen MR) is 75.3 cm³/mol. The third kappa shape index (κ3) is 2.97. The normalized spacial score (nSPS) is 12.7. The molecule has 0 radical (unpaired) electrons. The predicted octanol–water partition coefficient (Wildman–Crippen LogP) is 2.00. The molecule has 0 amide bonds. The van der Waals surface area contributed by atoms with Crippen LogP contribution in [0.4, 0.5) is 0 Å². The molecule has 2 aromatic heterocycles. The van der Waals surface area contributed by atoms with Crippen molar-refractivity contribution in [2.24, 2.45) is 12.8 Å². The van der Waals surface area contributed by atoms with Gasteiger partial charge in [-0.3, -0.25) is 9.67 Å². The quantitative estimate of drug-likeness (QED) is 0.940. The minimum absolute atomic E-state index is 0.0472. The van der Waals surface area contributed by atoms with Crippen LogP contribution in [0.3, 0.4) is 0 Å². The minimum atomic E-state index is 0.0472. The van der Waals surface area contributed by atoms with Gasteiger partial charge in [-0.05, 0) is 35.0 Å². The summed E-state index contributed by atoms with van der Waals surface area (Å²) in [6.45, 7) is 1.98. The Kier molecular flexibility index (Phi) is 4.14. The van der Waals surface area contributed by atoms with E-state index < -0.39 is 0 Å². The Morgan fingerprint density at radius 3 is 2.72 bits per heavy atom. The van der Waals surface area contributed by atoms with Crippen LogP contribution in [0.1, 0.15) is 17.1 Å². The highest BCUT2D eigenvalue weighted by molar-refractivity contribution is 9.10. The van der Waals surface area contributed by atoms with Crippen LogP contribution in [-0.4, -0.2) is 20.8 Å². The lowest BCUT2D eigenvalue weighted by Crippen LogP contribution is -2.27. The van der Waals surface area contributed by atoms with E-state index in [1.165, 1.54) is 0 Å². The topological polar surface area (TPSA) is 56.7 Å². The molecule has 1 atom stereocenters. The van der Waals surface area contributed by atoms with Crippen LogP contribution in [0.25, 0.3) is 0 Å². The number of hydrogen-bond donors (Lipinski definition) is 1. The Hall–Kier alpha value is -1.20. The second-order valence-electron chi connectivity index (χ2n) is 4.46. The molecule has 0 aliphatic rings. The summed E-state index contributed by atoms with van der Waals surface area (Å²) in [5.74, 6) is 0. The smallest absolute Gasteiger partial charge is 0.0738 e. The van der Waals surface area contributed by atoms with Crippen molar-refractivity contribution in [3.63, 3.8) is 0 Å². The van der Waals surface area contributed by atoms with E-state index in [4.69, 9.17) is 5.73 Å². The lowest BCUT2D eigenvalue weighted by molar-refractivity contribution is 0.605. The summed E-state index contributed by atoms with van der Waals surface area (Å²) in [5.41, 5.74) is 9.34. The van der Waals surface area contributed by atoms with E-state index in [-0.39, 0.29) is 6.04 Å². The Balaban J connectivity index is 2.05. The first-order valence-corrected chi connectivity index (χ1v) is 6.70. The van der Waals surface area contributed by atoms with Gasteiger partial charge in [0.2, 0.25) is 0 Å². The number of rotatable bonds is 4. The van der Waals surface area contributed by atoms with E-state index in [1.54, 1.807) is 6.20 Å². The zero-order chi connectivity index (χ0) is 13.1. The number of nitrogens with two attached hydrogens (primary N) is 1. The molecule has 2 rings (SSSR count). The molecule has 0 aliphatic carbocycles. The van der Waals surface area contributed by atoms with Crippen LogP contribution in [-0.2, 0) is 19.9 Å². The Morgan fingerprint density at radius 2 is 2.17 bits per heavy atom. The lowest BCUT2D eigenvalue weighted by Gasteiger charge is -2.11. The molecule has 0 aromatic carbocycles. The Morgan fingerprint density at radius 1 is 1.39 bits per heavy atom. The van der Waals surface area contributed by atoms with Gasteiger partial charge in [-0.25, -0.2) is 0 Å². The van der Waals surface area contributed by atoms with Gasteiger partial charge in [0.15, 0.2) is 0 Å². The molecule has 0 fully saturated rings. The summed E-state index contributed by atoms with van der Waals surface area (Å²) in [6.07, 6.45) is 3.36. The summed E-state index contributed by atoms with van der Waals surface area (Å²) in [5, 5.41) is 4.37. The summed E-state index contributed by atoms with van der Waals surface area (Å²) >= 11 is 3.56. The van der Waals surface area contributed by atoms with E-state index in [9.17, 15) is 0 Å². The van der Waals surface area contributed by atoms with E-state index in [0.29, 0.717) is 0 Å². The fourth-order valence-electron chi connectivity index (χ4n) is 2.01. The maximum Gasteiger partial charge on any atom is 0.0738 e. The Labute approximate surface area is 115 Å². The molecular formula is C13H17BrN4. The first-order chi connectivity index (χ1) is 8.58. The van der Waals surface area contributed by atoms with Gasteiger partial charge in [0.05, 0.1) is 15.9 Å². The number of halogens is 1. The van der Waals surface area contributed by atoms with Gasteiger partial charge < -0.3 is 5.73 Å². The fourth-order valence-corrected chi connectivity index (χ4v) is 2.51. The van der Waals surface area contributed by atoms with E-state index in [2.05, 4.69) is 26.0 Å². The molecule has 2 aromatic rings. The van der Waals surface area contributed by atoms with Crippen molar-refractivity contribution in [1.82, 2.24) is 14.8 Å². The monoisotopic (exact) mass is 308 g/mol. The van der Waals surface area contributed by atoms with Crippen LogP contribution in [0.2, 0.25) is 0 Å². The number of nitrogens with zero attached hydrogens (tertiary/aromatic N) is 3. The van der Waals surface area contributed by atoms with Gasteiger partial charge in [0, 0.05) is 37.8 Å². The van der Waals surface area contributed by atoms with Crippen LogP contribution in [0, 0.1) is 6.92 Å². The van der Waals surface area contributed by atoms with Crippen molar-refractivity contribution in [3.8, 4) is 0 Å². The lowest BCUT2D eigenvalue weighted by atomic mass is 10.1. The first kappa shape index (κ1) is 13.2. The van der Waals surface area contributed by atoms with E-state index >= 15 is 0 Å². The van der Waals surface area contributed by atoms with Crippen molar-refractivity contribution >= 4 is 15.9 Å². The summed E-state index contributed by atoms with van der Waals surface area (Å²) in [6, 6.07) is 5.95. The fraction of sp³-hybridized carbons (Fsp3) is 0.385. The van der Waals surface area contributed by atoms with E-state index in [0.717, 1.165) is 34.4 Å². The number of hydrogen-bond acceptors (Lipinski definition) is 3. The van der Waals surface area contributed by atoms with Crippen molar-refractivity contribution in [2.45, 2.75) is 25.8 Å². The molecule has 1 unspecified atom stereocenters. The van der Waals surface area contributed by atoms with E-state index in [1.807, 2.05) is 36.9 Å².